The second-order valence-corrected chi connectivity index (χ2v) is 6.82. The number of rotatable bonds is 17. The van der Waals surface area contributed by atoms with Crippen molar-refractivity contribution in [3.8, 4) is 0 Å². The highest BCUT2D eigenvalue weighted by atomic mass is 35.5. The first-order valence-electron chi connectivity index (χ1n) is 9.60. The van der Waals surface area contributed by atoms with E-state index in [1.807, 2.05) is 0 Å². The van der Waals surface area contributed by atoms with Crippen molar-refractivity contribution in [2.45, 2.75) is 110 Å². The molecule has 0 fully saturated rings. The molecule has 130 valence electrons. The second-order valence-electron chi connectivity index (χ2n) is 6.40. The summed E-state index contributed by atoms with van der Waals surface area (Å²) in [6.07, 6.45) is 24.9. The Hall–Kier alpha value is -0.300. The van der Waals surface area contributed by atoms with Crippen LogP contribution in [0.5, 0.6) is 0 Å². The molecule has 0 aliphatic heterocycles. The van der Waals surface area contributed by atoms with Crippen LogP contribution < -0.4 is 0 Å². The van der Waals surface area contributed by atoms with Crippen molar-refractivity contribution in [2.75, 3.05) is 0 Å². The van der Waals surface area contributed by atoms with Gasteiger partial charge in [-0.2, -0.15) is 0 Å². The molecule has 0 amide bonds. The number of unbranched alkanes of at least 4 members (excludes halogenated alkanes) is 13. The molecule has 0 aliphatic carbocycles. The summed E-state index contributed by atoms with van der Waals surface area (Å²) in [6, 6.07) is 0. The van der Waals surface area contributed by atoms with Crippen LogP contribution in [0.15, 0.2) is 12.2 Å². The van der Waals surface area contributed by atoms with Crippen LogP contribution in [-0.4, -0.2) is 5.24 Å². The van der Waals surface area contributed by atoms with Crippen LogP contribution in [0, 0.1) is 0 Å². The largest absolute Gasteiger partial charge is 0.281 e. The molecule has 1 nitrogen and oxygen atoms in total. The van der Waals surface area contributed by atoms with Crippen LogP contribution in [0.2, 0.25) is 0 Å². The molecule has 0 spiro atoms. The first-order chi connectivity index (χ1) is 10.8. The maximum atomic E-state index is 10.6. The lowest BCUT2D eigenvalue weighted by atomic mass is 10.0. The van der Waals surface area contributed by atoms with E-state index in [2.05, 4.69) is 19.1 Å². The van der Waals surface area contributed by atoms with Gasteiger partial charge in [-0.15, -0.1) is 0 Å². The van der Waals surface area contributed by atoms with E-state index in [4.69, 9.17) is 11.6 Å². The highest BCUT2D eigenvalue weighted by Crippen LogP contribution is 2.13. The monoisotopic (exact) mass is 328 g/mol. The molecule has 2 heteroatoms. The number of hydrogen-bond acceptors (Lipinski definition) is 1. The van der Waals surface area contributed by atoms with Crippen molar-refractivity contribution < 1.29 is 4.79 Å². The first kappa shape index (κ1) is 21.7. The third-order valence-corrected chi connectivity index (χ3v) is 4.31. The molecule has 0 aromatic heterocycles. The van der Waals surface area contributed by atoms with Crippen LogP contribution in [-0.2, 0) is 4.79 Å². The van der Waals surface area contributed by atoms with Crippen LogP contribution in [0.25, 0.3) is 0 Å². The maximum absolute atomic E-state index is 10.6. The van der Waals surface area contributed by atoms with Crippen molar-refractivity contribution in [1.82, 2.24) is 0 Å². The molecule has 22 heavy (non-hydrogen) atoms. The van der Waals surface area contributed by atoms with E-state index >= 15 is 0 Å². The van der Waals surface area contributed by atoms with Crippen LogP contribution in [0.4, 0.5) is 0 Å². The van der Waals surface area contributed by atoms with E-state index in [1.165, 1.54) is 83.5 Å². The summed E-state index contributed by atoms with van der Waals surface area (Å²) in [5, 5.41) is -0.183. The van der Waals surface area contributed by atoms with Gasteiger partial charge in [-0.25, -0.2) is 0 Å². The minimum absolute atomic E-state index is 0.183. The third-order valence-electron chi connectivity index (χ3n) is 4.12. The summed E-state index contributed by atoms with van der Waals surface area (Å²) >= 11 is 5.31. The van der Waals surface area contributed by atoms with Crippen molar-refractivity contribution in [3.63, 3.8) is 0 Å². The van der Waals surface area contributed by atoms with Gasteiger partial charge in [0.1, 0.15) is 0 Å². The maximum Gasteiger partial charge on any atom is 0.221 e. The summed E-state index contributed by atoms with van der Waals surface area (Å²) in [6.45, 7) is 2.23. The smallest absolute Gasteiger partial charge is 0.221 e. The lowest BCUT2D eigenvalue weighted by Gasteiger charge is -2.02. The number of allylic oxidation sites excluding steroid dienone is 2. The molecule has 0 aliphatic rings. The lowest BCUT2D eigenvalue weighted by molar-refractivity contribution is -0.111. The Kier molecular flexibility index (Phi) is 18.5. The van der Waals surface area contributed by atoms with E-state index in [1.54, 1.807) is 0 Å². The van der Waals surface area contributed by atoms with Gasteiger partial charge in [0.15, 0.2) is 0 Å². The number of carbonyl (C=O) groups excluding carboxylic acids is 1. The fraction of sp³-hybridized carbons (Fsp3) is 0.850. The summed E-state index contributed by atoms with van der Waals surface area (Å²) < 4.78 is 0. The van der Waals surface area contributed by atoms with Gasteiger partial charge in [-0.3, -0.25) is 4.79 Å². The van der Waals surface area contributed by atoms with Crippen LogP contribution in [0.3, 0.4) is 0 Å². The van der Waals surface area contributed by atoms with Crippen molar-refractivity contribution in [3.05, 3.63) is 12.2 Å². The lowest BCUT2D eigenvalue weighted by Crippen LogP contribution is -1.86. The molecule has 0 rings (SSSR count). The third kappa shape index (κ3) is 19.7. The van der Waals surface area contributed by atoms with E-state index in [0.717, 1.165) is 12.8 Å². The van der Waals surface area contributed by atoms with Gasteiger partial charge in [0.25, 0.3) is 0 Å². The molecular formula is C20H37ClO. The molecule has 0 saturated carbocycles. The van der Waals surface area contributed by atoms with E-state index in [-0.39, 0.29) is 5.24 Å². The van der Waals surface area contributed by atoms with Crippen molar-refractivity contribution in [2.24, 2.45) is 0 Å². The number of hydrogen-bond donors (Lipinski definition) is 0. The minimum Gasteiger partial charge on any atom is -0.281 e. The topological polar surface area (TPSA) is 17.1 Å². The fourth-order valence-electron chi connectivity index (χ4n) is 2.70. The highest BCUT2D eigenvalue weighted by Gasteiger charge is 1.96. The summed E-state index contributed by atoms with van der Waals surface area (Å²) in [5.74, 6) is 0. The standard InChI is InChI=1S/C20H37ClO/c1-2-3-4-5-6-7-8-9-10-11-12-13-14-15-16-17-18-19-20(21)22/h4-5H,2-3,6-19H2,1H3/b5-4+. The zero-order chi connectivity index (χ0) is 16.3. The Balaban J connectivity index is 3.01. The van der Waals surface area contributed by atoms with Gasteiger partial charge in [0.2, 0.25) is 5.24 Å². The molecule has 0 aromatic carbocycles. The van der Waals surface area contributed by atoms with Crippen molar-refractivity contribution >= 4 is 16.8 Å². The molecule has 0 bridgehead atoms. The summed E-state index contributed by atoms with van der Waals surface area (Å²) in [7, 11) is 0. The van der Waals surface area contributed by atoms with Gasteiger partial charge in [-0.1, -0.05) is 89.7 Å². The Bertz CT molecular complexity index is 260. The Morgan fingerprint density at radius 1 is 0.682 bits per heavy atom. The van der Waals surface area contributed by atoms with E-state index in [9.17, 15) is 4.79 Å². The second kappa shape index (κ2) is 18.7. The van der Waals surface area contributed by atoms with Gasteiger partial charge >= 0.3 is 0 Å². The number of halogens is 1. The predicted octanol–water partition coefficient (Wildman–Crippen LogP) is 7.57. The molecule has 0 aromatic rings. The molecule has 0 saturated heterocycles. The fourth-order valence-corrected chi connectivity index (χ4v) is 2.83. The number of carbonyl (C=O) groups is 1. The zero-order valence-electron chi connectivity index (χ0n) is 14.8. The highest BCUT2D eigenvalue weighted by molar-refractivity contribution is 6.63. The van der Waals surface area contributed by atoms with Gasteiger partial charge in [0, 0.05) is 6.42 Å². The summed E-state index contributed by atoms with van der Waals surface area (Å²) in [5.41, 5.74) is 0. The molecule has 0 heterocycles. The van der Waals surface area contributed by atoms with Crippen LogP contribution >= 0.6 is 11.6 Å². The predicted molar refractivity (Wildman–Crippen MR) is 99.5 cm³/mol. The van der Waals surface area contributed by atoms with Gasteiger partial charge < -0.3 is 0 Å². The Labute approximate surface area is 143 Å². The average molecular weight is 329 g/mol. The zero-order valence-corrected chi connectivity index (χ0v) is 15.5. The van der Waals surface area contributed by atoms with Crippen molar-refractivity contribution in [1.29, 1.82) is 0 Å². The van der Waals surface area contributed by atoms with E-state index in [0.29, 0.717) is 6.42 Å². The Morgan fingerprint density at radius 3 is 1.55 bits per heavy atom. The Morgan fingerprint density at radius 2 is 1.09 bits per heavy atom. The summed E-state index contributed by atoms with van der Waals surface area (Å²) in [4.78, 5) is 10.6. The molecule has 0 unspecified atom stereocenters. The first-order valence-corrected chi connectivity index (χ1v) is 9.98. The van der Waals surface area contributed by atoms with Gasteiger partial charge in [-0.05, 0) is 37.3 Å². The molecule has 0 N–H and O–H groups in total. The van der Waals surface area contributed by atoms with E-state index < -0.39 is 0 Å². The molecule has 0 atom stereocenters. The molecule has 0 radical (unpaired) electrons. The van der Waals surface area contributed by atoms with Crippen LogP contribution in [0.1, 0.15) is 110 Å². The SMILES string of the molecule is CCC/C=C/CCCCCCCCCCCCCCC(=O)Cl. The minimum atomic E-state index is -0.183. The average Bonchev–Trinajstić information content (AvgIpc) is 2.50. The quantitative estimate of drug-likeness (QED) is 0.153. The normalized spacial score (nSPS) is 11.4. The molecular weight excluding hydrogens is 292 g/mol. The van der Waals surface area contributed by atoms with Gasteiger partial charge in [0.05, 0.1) is 0 Å².